The van der Waals surface area contributed by atoms with E-state index in [1.54, 1.807) is 0 Å². The van der Waals surface area contributed by atoms with Gasteiger partial charge in [-0.2, -0.15) is 0 Å². The van der Waals surface area contributed by atoms with E-state index in [1.807, 2.05) is 12.4 Å². The van der Waals surface area contributed by atoms with E-state index in [2.05, 4.69) is 134 Å². The number of aromatic amines is 2. The maximum absolute atomic E-state index is 4.63. The lowest BCUT2D eigenvalue weighted by Gasteiger charge is -2.18. The predicted octanol–water partition coefficient (Wildman–Crippen LogP) is 8.40. The molecule has 0 amide bonds. The number of benzene rings is 3. The first-order valence-corrected chi connectivity index (χ1v) is 12.5. The lowest BCUT2D eigenvalue weighted by molar-refractivity contribution is 0.590. The van der Waals surface area contributed by atoms with Crippen molar-refractivity contribution in [2.75, 3.05) is 0 Å². The van der Waals surface area contributed by atoms with Gasteiger partial charge in [-0.1, -0.05) is 114 Å². The Kier molecular flexibility index (Phi) is 5.91. The quantitative estimate of drug-likeness (QED) is 0.275. The molecule has 182 valence electrons. The average molecular weight is 475 g/mol. The summed E-state index contributed by atoms with van der Waals surface area (Å²) in [5.41, 5.74) is 9.33. The number of H-pyrrole nitrogens is 2. The molecule has 0 radical (unpaired) electrons. The molecule has 2 heterocycles. The SMILES string of the molecule is CC(C)(C)c1ccc(-c2cnc(-c3ccc(-c4ncc(-c5ccc(C(C)(C)C)cc5)[nH]4)cc3)[nH]2)cc1. The van der Waals surface area contributed by atoms with Crippen molar-refractivity contribution >= 4 is 0 Å². The van der Waals surface area contributed by atoms with Crippen LogP contribution in [0.1, 0.15) is 52.7 Å². The summed E-state index contributed by atoms with van der Waals surface area (Å²) in [5.74, 6) is 1.71. The Labute approximate surface area is 213 Å². The fourth-order valence-electron chi connectivity index (χ4n) is 4.31. The number of nitrogens with one attached hydrogen (secondary N) is 2. The van der Waals surface area contributed by atoms with Crippen LogP contribution in [0.3, 0.4) is 0 Å². The minimum atomic E-state index is 0.144. The highest BCUT2D eigenvalue weighted by molar-refractivity contribution is 5.69. The molecule has 0 unspecified atom stereocenters. The number of hydrogen-bond donors (Lipinski definition) is 2. The molecule has 0 bridgehead atoms. The van der Waals surface area contributed by atoms with Crippen LogP contribution in [0, 0.1) is 0 Å². The molecular formula is C32H34N4. The smallest absolute Gasteiger partial charge is 0.137 e. The molecule has 0 aliphatic rings. The third-order valence-electron chi connectivity index (χ3n) is 6.71. The summed E-state index contributed by atoms with van der Waals surface area (Å²) in [6.45, 7) is 13.4. The summed E-state index contributed by atoms with van der Waals surface area (Å²) in [5, 5.41) is 0. The summed E-state index contributed by atoms with van der Waals surface area (Å²) in [4.78, 5) is 16.2. The topological polar surface area (TPSA) is 57.4 Å². The zero-order valence-corrected chi connectivity index (χ0v) is 22.0. The molecule has 0 aliphatic heterocycles. The first kappa shape index (κ1) is 23.8. The largest absolute Gasteiger partial charge is 0.338 e. The van der Waals surface area contributed by atoms with E-state index >= 15 is 0 Å². The van der Waals surface area contributed by atoms with Crippen LogP contribution in [-0.4, -0.2) is 19.9 Å². The van der Waals surface area contributed by atoms with Crippen molar-refractivity contribution in [2.24, 2.45) is 0 Å². The number of rotatable bonds is 4. The highest BCUT2D eigenvalue weighted by atomic mass is 14.9. The third kappa shape index (κ3) is 4.90. The molecule has 4 heteroatoms. The van der Waals surface area contributed by atoms with Crippen LogP contribution < -0.4 is 0 Å². The fraction of sp³-hybridized carbons (Fsp3) is 0.250. The number of imidazole rings is 2. The van der Waals surface area contributed by atoms with Crippen LogP contribution in [0.25, 0.3) is 45.3 Å². The van der Waals surface area contributed by atoms with Crippen LogP contribution in [0.15, 0.2) is 85.2 Å². The maximum Gasteiger partial charge on any atom is 0.137 e. The van der Waals surface area contributed by atoms with Crippen LogP contribution in [-0.2, 0) is 10.8 Å². The molecule has 5 aromatic rings. The molecule has 2 N–H and O–H groups in total. The highest BCUT2D eigenvalue weighted by Gasteiger charge is 2.15. The van der Waals surface area contributed by atoms with Crippen molar-refractivity contribution in [1.82, 2.24) is 19.9 Å². The van der Waals surface area contributed by atoms with Gasteiger partial charge in [-0.15, -0.1) is 0 Å². The van der Waals surface area contributed by atoms with Gasteiger partial charge in [0.05, 0.1) is 23.8 Å². The molecular weight excluding hydrogens is 440 g/mol. The van der Waals surface area contributed by atoms with Crippen molar-refractivity contribution in [3.8, 4) is 45.3 Å². The minimum Gasteiger partial charge on any atom is -0.338 e. The average Bonchev–Trinajstić information content (AvgIpc) is 3.54. The Morgan fingerprint density at radius 3 is 1.06 bits per heavy atom. The molecule has 0 saturated carbocycles. The van der Waals surface area contributed by atoms with Gasteiger partial charge in [0.15, 0.2) is 0 Å². The van der Waals surface area contributed by atoms with Crippen LogP contribution in [0.5, 0.6) is 0 Å². The second-order valence-corrected chi connectivity index (χ2v) is 11.5. The minimum absolute atomic E-state index is 0.144. The zero-order valence-electron chi connectivity index (χ0n) is 22.0. The van der Waals surface area contributed by atoms with Crippen molar-refractivity contribution in [2.45, 2.75) is 52.4 Å². The fourth-order valence-corrected chi connectivity index (χ4v) is 4.31. The Morgan fingerprint density at radius 2 is 0.750 bits per heavy atom. The standard InChI is InChI=1S/C32H34N4/c1-31(2,3)25-15-11-21(12-16-25)27-19-33-29(35-27)23-7-9-24(10-8-23)30-34-20-28(36-30)22-13-17-26(18-14-22)32(4,5)6/h7-20H,1-6H3,(H,33,35)(H,34,36). The van der Waals surface area contributed by atoms with E-state index in [0.717, 1.165) is 45.3 Å². The van der Waals surface area contributed by atoms with Gasteiger partial charge in [-0.25, -0.2) is 9.97 Å². The molecule has 0 fully saturated rings. The van der Waals surface area contributed by atoms with Crippen molar-refractivity contribution in [3.63, 3.8) is 0 Å². The molecule has 0 spiro atoms. The molecule has 2 aromatic heterocycles. The Hall–Kier alpha value is -3.92. The van der Waals surface area contributed by atoms with E-state index in [1.165, 1.54) is 11.1 Å². The summed E-state index contributed by atoms with van der Waals surface area (Å²) in [6, 6.07) is 25.8. The molecule has 5 rings (SSSR count). The Morgan fingerprint density at radius 1 is 0.444 bits per heavy atom. The Bertz CT molecular complexity index is 1340. The van der Waals surface area contributed by atoms with Crippen molar-refractivity contribution in [3.05, 3.63) is 96.3 Å². The second kappa shape index (κ2) is 8.94. The van der Waals surface area contributed by atoms with Crippen molar-refractivity contribution < 1.29 is 0 Å². The van der Waals surface area contributed by atoms with Crippen molar-refractivity contribution in [1.29, 1.82) is 0 Å². The van der Waals surface area contributed by atoms with E-state index in [9.17, 15) is 0 Å². The lowest BCUT2D eigenvalue weighted by Crippen LogP contribution is -2.10. The highest BCUT2D eigenvalue weighted by Crippen LogP contribution is 2.29. The van der Waals surface area contributed by atoms with Gasteiger partial charge >= 0.3 is 0 Å². The lowest BCUT2D eigenvalue weighted by atomic mass is 9.86. The van der Waals surface area contributed by atoms with Crippen LogP contribution in [0.2, 0.25) is 0 Å². The van der Waals surface area contributed by atoms with E-state index in [-0.39, 0.29) is 10.8 Å². The van der Waals surface area contributed by atoms with Gasteiger partial charge in [-0.3, -0.25) is 0 Å². The molecule has 0 atom stereocenters. The number of nitrogens with zero attached hydrogens (tertiary/aromatic N) is 2. The summed E-state index contributed by atoms with van der Waals surface area (Å²) in [7, 11) is 0. The normalized spacial score (nSPS) is 12.2. The van der Waals surface area contributed by atoms with E-state index in [4.69, 9.17) is 0 Å². The van der Waals surface area contributed by atoms with Gasteiger partial charge < -0.3 is 9.97 Å². The van der Waals surface area contributed by atoms with Gasteiger partial charge in [0.1, 0.15) is 11.6 Å². The summed E-state index contributed by atoms with van der Waals surface area (Å²) < 4.78 is 0. The molecule has 4 nitrogen and oxygen atoms in total. The maximum atomic E-state index is 4.63. The van der Waals surface area contributed by atoms with Gasteiger partial charge in [0.2, 0.25) is 0 Å². The summed E-state index contributed by atoms with van der Waals surface area (Å²) >= 11 is 0. The van der Waals surface area contributed by atoms with Crippen LogP contribution in [0.4, 0.5) is 0 Å². The van der Waals surface area contributed by atoms with Gasteiger partial charge in [0, 0.05) is 11.1 Å². The molecule has 0 saturated heterocycles. The van der Waals surface area contributed by atoms with Gasteiger partial charge in [0.25, 0.3) is 0 Å². The molecule has 3 aromatic carbocycles. The number of hydrogen-bond acceptors (Lipinski definition) is 2. The van der Waals surface area contributed by atoms with Crippen LogP contribution >= 0.6 is 0 Å². The van der Waals surface area contributed by atoms with E-state index in [0.29, 0.717) is 0 Å². The summed E-state index contributed by atoms with van der Waals surface area (Å²) in [6.07, 6.45) is 3.80. The third-order valence-corrected chi connectivity index (χ3v) is 6.71. The second-order valence-electron chi connectivity index (χ2n) is 11.5. The molecule has 0 aliphatic carbocycles. The molecule has 36 heavy (non-hydrogen) atoms. The van der Waals surface area contributed by atoms with E-state index < -0.39 is 0 Å². The Balaban J connectivity index is 1.32. The zero-order chi connectivity index (χ0) is 25.5. The first-order valence-electron chi connectivity index (χ1n) is 12.5. The first-order chi connectivity index (χ1) is 17.1. The monoisotopic (exact) mass is 474 g/mol. The number of aromatic nitrogens is 4. The van der Waals surface area contributed by atoms with Gasteiger partial charge in [-0.05, 0) is 33.1 Å². The predicted molar refractivity (Wildman–Crippen MR) is 150 cm³/mol.